The highest BCUT2D eigenvalue weighted by atomic mass is 31.0. The lowest BCUT2D eigenvalue weighted by Crippen LogP contribution is -2.52. The second kappa shape index (κ2) is 11.2. The Morgan fingerprint density at radius 2 is 1.73 bits per heavy atom. The number of nitrogens with zero attached hydrogens (tertiary/aromatic N) is 1. The molecular formula is C31H45N2O6P. The van der Waals surface area contributed by atoms with Gasteiger partial charge in [-0.15, -0.1) is 9.24 Å². The van der Waals surface area contributed by atoms with E-state index in [1.165, 1.54) is 6.42 Å². The summed E-state index contributed by atoms with van der Waals surface area (Å²) in [7, 11) is 6.04. The van der Waals surface area contributed by atoms with Crippen LogP contribution in [0.5, 0.6) is 11.5 Å². The number of hydrogen-bond donors (Lipinski definition) is 2. The van der Waals surface area contributed by atoms with Gasteiger partial charge in [0.1, 0.15) is 11.5 Å². The summed E-state index contributed by atoms with van der Waals surface area (Å²) in [4.78, 5) is 40.9. The smallest absolute Gasteiger partial charge is 0.309 e. The first-order valence-electron chi connectivity index (χ1n) is 14.9. The van der Waals surface area contributed by atoms with E-state index in [1.54, 1.807) is 31.1 Å². The van der Waals surface area contributed by atoms with Crippen molar-refractivity contribution < 1.29 is 29.0 Å². The van der Waals surface area contributed by atoms with E-state index in [0.717, 1.165) is 37.4 Å². The maximum Gasteiger partial charge on any atom is 0.309 e. The standard InChI is InChI=1S/C31H45N2O6P/c1-30(10-5-11-30)17-32-27(34)25-18-6-7-19(14-18)26(25)33(3)28(35)21-15-23(24(40)16-22(21)38-4)39-20-8-12-31(2,13-9-20)29(36)37/h15-16,18-20,25-26H,5-14,17,40H2,1-4H3,(H,32,34)(H,36,37)/t18-,19+,20-,25+,26-,31+/m1/s1. The number of carboxylic acid groups (broad SMARTS) is 1. The summed E-state index contributed by atoms with van der Waals surface area (Å²) in [6.45, 7) is 4.74. The van der Waals surface area contributed by atoms with Crippen LogP contribution < -0.4 is 20.1 Å². The average molecular weight is 573 g/mol. The van der Waals surface area contributed by atoms with Gasteiger partial charge in [-0.1, -0.05) is 13.3 Å². The van der Waals surface area contributed by atoms with Gasteiger partial charge in [0.15, 0.2) is 0 Å². The Bertz CT molecular complexity index is 1160. The molecule has 1 unspecified atom stereocenters. The molecule has 1 aromatic carbocycles. The van der Waals surface area contributed by atoms with Gasteiger partial charge in [0, 0.05) is 24.9 Å². The highest BCUT2D eigenvalue weighted by Gasteiger charge is 2.53. The largest absolute Gasteiger partial charge is 0.496 e. The molecule has 4 aliphatic carbocycles. The lowest BCUT2D eigenvalue weighted by atomic mass is 9.70. The highest BCUT2D eigenvalue weighted by molar-refractivity contribution is 7.27. The number of fused-ring (bicyclic) bond motifs is 2. The van der Waals surface area contributed by atoms with Crippen molar-refractivity contribution in [2.75, 3.05) is 20.7 Å². The lowest BCUT2D eigenvalue weighted by molar-refractivity contribution is -0.150. The molecule has 8 nitrogen and oxygen atoms in total. The van der Waals surface area contributed by atoms with Crippen molar-refractivity contribution >= 4 is 32.3 Å². The Labute approximate surface area is 240 Å². The number of rotatable bonds is 9. The summed E-state index contributed by atoms with van der Waals surface area (Å²) in [6.07, 6.45) is 8.89. The van der Waals surface area contributed by atoms with Crippen LogP contribution >= 0.6 is 9.24 Å². The number of nitrogens with one attached hydrogen (secondary N) is 1. The third-order valence-corrected chi connectivity index (χ3v) is 11.1. The molecule has 220 valence electrons. The van der Waals surface area contributed by atoms with Crippen LogP contribution in [0, 0.1) is 28.6 Å². The Balaban J connectivity index is 1.32. The Hall–Kier alpha value is -2.34. The first-order valence-corrected chi connectivity index (χ1v) is 15.4. The van der Waals surface area contributed by atoms with Gasteiger partial charge < -0.3 is 24.8 Å². The maximum absolute atomic E-state index is 14.0. The summed E-state index contributed by atoms with van der Waals surface area (Å²) in [5.41, 5.74) is -0.0908. The minimum absolute atomic E-state index is 0.0897. The molecule has 5 atom stereocenters. The first-order chi connectivity index (χ1) is 18.9. The fraction of sp³-hybridized carbons (Fsp3) is 0.710. The van der Waals surface area contributed by atoms with Crippen LogP contribution in [0.3, 0.4) is 0 Å². The van der Waals surface area contributed by atoms with E-state index in [0.29, 0.717) is 61.1 Å². The van der Waals surface area contributed by atoms with Crippen LogP contribution in [0.15, 0.2) is 12.1 Å². The second-order valence-corrected chi connectivity index (χ2v) is 14.0. The summed E-state index contributed by atoms with van der Waals surface area (Å²) in [5, 5.41) is 13.6. The monoisotopic (exact) mass is 572 g/mol. The van der Waals surface area contributed by atoms with Crippen molar-refractivity contribution in [2.45, 2.75) is 90.2 Å². The summed E-state index contributed by atoms with van der Waals surface area (Å²) in [6, 6.07) is 3.41. The molecule has 4 saturated carbocycles. The van der Waals surface area contributed by atoms with Gasteiger partial charge in [-0.25, -0.2) is 0 Å². The molecular weight excluding hydrogens is 527 g/mol. The molecule has 1 aromatic rings. The normalized spacial score (nSPS) is 32.2. The van der Waals surface area contributed by atoms with E-state index in [4.69, 9.17) is 9.47 Å². The molecule has 0 spiro atoms. The van der Waals surface area contributed by atoms with Crippen LogP contribution in [0.1, 0.15) is 88.4 Å². The van der Waals surface area contributed by atoms with Gasteiger partial charge in [-0.3, -0.25) is 14.4 Å². The number of hydrogen-bond acceptors (Lipinski definition) is 5. The van der Waals surface area contributed by atoms with Gasteiger partial charge in [0.05, 0.1) is 30.1 Å². The molecule has 5 rings (SSSR count). The van der Waals surface area contributed by atoms with Crippen LogP contribution in [-0.4, -0.2) is 60.6 Å². The highest BCUT2D eigenvalue weighted by Crippen LogP contribution is 2.51. The number of benzene rings is 1. The molecule has 40 heavy (non-hydrogen) atoms. The number of aliphatic carboxylic acids is 1. The summed E-state index contributed by atoms with van der Waals surface area (Å²) in [5.74, 6) is 0.663. The number of ether oxygens (including phenoxy) is 2. The first kappa shape index (κ1) is 29.2. The number of carbonyl (C=O) groups is 3. The molecule has 4 aliphatic rings. The summed E-state index contributed by atoms with van der Waals surface area (Å²) >= 11 is 0. The molecule has 4 fully saturated rings. The van der Waals surface area contributed by atoms with Gasteiger partial charge in [0.25, 0.3) is 5.91 Å². The Kier molecular flexibility index (Phi) is 8.13. The molecule has 2 bridgehead atoms. The minimum Gasteiger partial charge on any atom is -0.496 e. The minimum atomic E-state index is -0.761. The topological polar surface area (TPSA) is 105 Å². The number of carboxylic acids is 1. The molecule has 0 aliphatic heterocycles. The van der Waals surface area contributed by atoms with Crippen molar-refractivity contribution in [3.63, 3.8) is 0 Å². The molecule has 2 amide bonds. The Morgan fingerprint density at radius 1 is 1.05 bits per heavy atom. The van der Waals surface area contributed by atoms with E-state index in [9.17, 15) is 19.5 Å². The average Bonchev–Trinajstić information content (AvgIpc) is 3.54. The lowest BCUT2D eigenvalue weighted by Gasteiger charge is -2.40. The van der Waals surface area contributed by atoms with Crippen LogP contribution in [0.4, 0.5) is 0 Å². The van der Waals surface area contributed by atoms with E-state index in [-0.39, 0.29) is 35.3 Å². The van der Waals surface area contributed by atoms with E-state index in [1.807, 2.05) is 7.05 Å². The van der Waals surface area contributed by atoms with E-state index >= 15 is 0 Å². The molecule has 2 N–H and O–H groups in total. The van der Waals surface area contributed by atoms with Crippen molar-refractivity contribution in [1.29, 1.82) is 0 Å². The van der Waals surface area contributed by atoms with Crippen molar-refractivity contribution in [1.82, 2.24) is 10.2 Å². The second-order valence-electron chi connectivity index (χ2n) is 13.4. The SMILES string of the molecule is COc1cc(P)c(O[C@H]2CC[C@@](C)(C(=O)O)CC2)cc1C(=O)N(C)[C@@H]1[C@H]2CC[C@H](C2)[C@@H]1C(=O)NCC1(C)CCC1. The molecule has 0 saturated heterocycles. The third-order valence-electron chi connectivity index (χ3n) is 10.6. The van der Waals surface area contributed by atoms with Crippen LogP contribution in [0.25, 0.3) is 0 Å². The zero-order valence-electron chi connectivity index (χ0n) is 24.3. The van der Waals surface area contributed by atoms with Crippen molar-refractivity contribution in [3.8, 4) is 11.5 Å². The quantitative estimate of drug-likeness (QED) is 0.425. The van der Waals surface area contributed by atoms with Gasteiger partial charge in [-0.05, 0) is 94.1 Å². The molecule has 0 radical (unpaired) electrons. The van der Waals surface area contributed by atoms with E-state index < -0.39 is 11.4 Å². The number of carbonyl (C=O) groups excluding carboxylic acids is 2. The van der Waals surface area contributed by atoms with Gasteiger partial charge in [-0.2, -0.15) is 0 Å². The fourth-order valence-electron chi connectivity index (χ4n) is 7.64. The van der Waals surface area contributed by atoms with Crippen LogP contribution in [-0.2, 0) is 9.59 Å². The molecule has 0 heterocycles. The number of amides is 2. The zero-order chi connectivity index (χ0) is 28.8. The summed E-state index contributed by atoms with van der Waals surface area (Å²) < 4.78 is 12.0. The number of methoxy groups -OCH3 is 1. The van der Waals surface area contributed by atoms with Gasteiger partial charge in [0.2, 0.25) is 5.91 Å². The predicted molar refractivity (Wildman–Crippen MR) is 156 cm³/mol. The molecule has 0 aromatic heterocycles. The van der Waals surface area contributed by atoms with Crippen LogP contribution in [0.2, 0.25) is 0 Å². The van der Waals surface area contributed by atoms with E-state index in [2.05, 4.69) is 21.5 Å². The van der Waals surface area contributed by atoms with Gasteiger partial charge >= 0.3 is 5.97 Å². The fourth-order valence-corrected chi connectivity index (χ4v) is 7.94. The predicted octanol–water partition coefficient (Wildman–Crippen LogP) is 4.40. The maximum atomic E-state index is 14.0. The van der Waals surface area contributed by atoms with Crippen molar-refractivity contribution in [3.05, 3.63) is 17.7 Å². The van der Waals surface area contributed by atoms with Crippen molar-refractivity contribution in [2.24, 2.45) is 28.6 Å². The zero-order valence-corrected chi connectivity index (χ0v) is 25.5. The Morgan fingerprint density at radius 3 is 2.33 bits per heavy atom. The third kappa shape index (κ3) is 5.45. The molecule has 9 heteroatoms.